The Kier molecular flexibility index (Phi) is 36.6. The molecule has 0 aromatic heterocycles. The Hall–Kier alpha value is -3.14. The summed E-state index contributed by atoms with van der Waals surface area (Å²) < 4.78 is 122. The molecule has 2 amide bonds. The number of amides is 2. The van der Waals surface area contributed by atoms with E-state index in [1.54, 1.807) is 0 Å². The van der Waals surface area contributed by atoms with Gasteiger partial charge in [0.1, 0.15) is 256 Å². The van der Waals surface area contributed by atoms with Crippen molar-refractivity contribution in [1.82, 2.24) is 10.6 Å². The molecule has 56 heteroatoms. The van der Waals surface area contributed by atoms with Gasteiger partial charge in [0.25, 0.3) is 0 Å². The molecule has 11 saturated heterocycles. The topological polar surface area (TPSA) is 879 Å². The van der Waals surface area contributed by atoms with Gasteiger partial charge in [-0.3, -0.25) is 9.59 Å². The van der Waals surface area contributed by atoms with Crippen LogP contribution in [-0.4, -0.2) is 567 Å². The van der Waals surface area contributed by atoms with Gasteiger partial charge < -0.3 is 268 Å². The highest BCUT2D eigenvalue weighted by atomic mass is 16.8. The van der Waals surface area contributed by atoms with Crippen molar-refractivity contribution in [1.29, 1.82) is 0 Å². The van der Waals surface area contributed by atoms with Gasteiger partial charge in [-0.1, -0.05) is 0 Å². The minimum atomic E-state index is -2.50. The highest BCUT2D eigenvalue weighted by Gasteiger charge is 2.62. The largest absolute Gasteiger partial charge is 0.394 e. The van der Waals surface area contributed by atoms with Crippen molar-refractivity contribution in [3.8, 4) is 0 Å². The third kappa shape index (κ3) is 21.9. The second kappa shape index (κ2) is 44.6. The number of hydrogen-bond donors (Lipinski definition) is 33. The van der Waals surface area contributed by atoms with E-state index in [-0.39, 0.29) is 0 Å². The summed E-state index contributed by atoms with van der Waals surface area (Å²) in [5.74, 6) is -1.85. The average molecular weight is 1850 g/mol. The van der Waals surface area contributed by atoms with E-state index in [1.807, 2.05) is 0 Å². The van der Waals surface area contributed by atoms with Gasteiger partial charge in [-0.2, -0.15) is 0 Å². The molecule has 0 saturated carbocycles. The molecule has 55 atom stereocenters. The van der Waals surface area contributed by atoms with Crippen molar-refractivity contribution in [2.24, 2.45) is 0 Å². The second-order valence-corrected chi connectivity index (χ2v) is 32.3. The van der Waals surface area contributed by atoms with Crippen LogP contribution in [-0.2, 0) is 109 Å². The molecule has 732 valence electrons. The molecule has 126 heavy (non-hydrogen) atoms. The zero-order chi connectivity index (χ0) is 92.5. The zero-order valence-corrected chi connectivity index (χ0v) is 67.4. The first kappa shape index (κ1) is 103. The molecule has 0 unspecified atom stereocenters. The van der Waals surface area contributed by atoms with Crippen molar-refractivity contribution in [2.45, 2.75) is 365 Å². The van der Waals surface area contributed by atoms with Crippen LogP contribution < -0.4 is 10.6 Å². The Morgan fingerprint density at radius 3 is 0.841 bits per heavy atom. The number of hydrogen-bond acceptors (Lipinski definition) is 54. The first-order chi connectivity index (χ1) is 59.6. The first-order valence-corrected chi connectivity index (χ1v) is 40.4. The highest BCUT2D eigenvalue weighted by molar-refractivity contribution is 5.73. The van der Waals surface area contributed by atoms with E-state index >= 15 is 0 Å². The summed E-state index contributed by atoms with van der Waals surface area (Å²) in [6.07, 6.45) is -109. The maximum Gasteiger partial charge on any atom is 0.217 e. The third-order valence-electron chi connectivity index (χ3n) is 23.7. The van der Waals surface area contributed by atoms with Crippen molar-refractivity contribution in [2.75, 3.05) is 59.5 Å². The maximum absolute atomic E-state index is 13.1. The minimum absolute atomic E-state index is 0.884. The molecule has 0 aromatic rings. The van der Waals surface area contributed by atoms with Gasteiger partial charge in [0, 0.05) is 13.8 Å². The number of ether oxygens (including phenoxy) is 21. The Bertz CT molecular complexity index is 3350. The smallest absolute Gasteiger partial charge is 0.217 e. The molecule has 0 radical (unpaired) electrons. The van der Waals surface area contributed by atoms with E-state index in [4.69, 9.17) is 99.5 Å². The van der Waals surface area contributed by atoms with Crippen LogP contribution in [0.25, 0.3) is 0 Å². The van der Waals surface area contributed by atoms with Crippen LogP contribution in [0, 0.1) is 0 Å². The number of rotatable bonds is 31. The van der Waals surface area contributed by atoms with Crippen LogP contribution in [0.1, 0.15) is 27.7 Å². The second-order valence-electron chi connectivity index (χ2n) is 32.3. The molecule has 33 N–H and O–H groups in total. The lowest BCUT2D eigenvalue weighted by Gasteiger charge is -2.50. The molecule has 0 aromatic carbocycles. The molecular weight excluding hydrogens is 1730 g/mol. The summed E-state index contributed by atoms with van der Waals surface area (Å²) in [7, 11) is 0. The Labute approximate surface area is 712 Å². The lowest BCUT2D eigenvalue weighted by atomic mass is 9.94. The molecule has 11 rings (SSSR count). The summed E-state index contributed by atoms with van der Waals surface area (Å²) >= 11 is 0. The molecule has 0 spiro atoms. The lowest BCUT2D eigenvalue weighted by Crippen LogP contribution is -2.69. The molecular formula is C70H118N2O54. The molecule has 11 aliphatic heterocycles. The zero-order valence-electron chi connectivity index (χ0n) is 67.4. The van der Waals surface area contributed by atoms with Crippen molar-refractivity contribution < 1.29 is 267 Å². The van der Waals surface area contributed by atoms with Gasteiger partial charge in [0.15, 0.2) is 69.2 Å². The Morgan fingerprint density at radius 1 is 0.222 bits per heavy atom. The van der Waals surface area contributed by atoms with E-state index in [0.29, 0.717) is 0 Å². The minimum Gasteiger partial charge on any atom is -0.394 e. The van der Waals surface area contributed by atoms with Crippen LogP contribution in [0.2, 0.25) is 0 Å². The molecule has 0 bridgehead atoms. The summed E-state index contributed by atoms with van der Waals surface area (Å²) in [5, 5.41) is 349. The average Bonchev–Trinajstić information content (AvgIpc) is 0.777. The number of nitrogens with one attached hydrogen (secondary N) is 2. The number of aliphatic hydroxyl groups excluding tert-OH is 31. The van der Waals surface area contributed by atoms with E-state index in [9.17, 15) is 168 Å². The molecule has 0 aliphatic carbocycles. The maximum atomic E-state index is 13.1. The SMILES string of the molecule is CC(=O)N[C@@H]1[C@@H](O[C@@H]2O[C@H](CO[C@@H]3O[C@H](CO)[C@@H](O[C@@H]4O[C@H](CO)[C@H](O[C@H]5O[C@H](CO)[C@H](O)[C@H](O[C@H]6O[C@H](CO)[C@H](O)[C@H](O)[C@H]6O[C@@H]6O[C@@H](C)[C@@H](O)[C@@H](O)[C@@H]6O)[C@H]5O)[C@H](O)[C@H]4O)[C@H](O)[C@H]3NC(C)=O)[C@H](O)[C@H](O[C@@H]3O[C@H](CO)[C@H](O[C@H]4O[C@H](CO)[C@H](O)[C@H](O[C@H]5O[C@H](CO)[C@H](O)[C@H](O)[C@H]5O[C@@H]5O[C@@H](C)[C@@H](O)[C@@H](O)[C@@H]5O)[C@H]4O)[C@@H](O)[C@H]3O)[C@H]2O)[C@@H](O)[C@@H](CO)O[C@@H]1O. The monoisotopic (exact) mass is 1850 g/mol. The predicted molar refractivity (Wildman–Crippen MR) is 383 cm³/mol. The van der Waals surface area contributed by atoms with Crippen molar-refractivity contribution in [3.63, 3.8) is 0 Å². The summed E-state index contributed by atoms with van der Waals surface area (Å²) in [6, 6.07) is -3.72. The normalized spacial score (nSPS) is 52.3. The van der Waals surface area contributed by atoms with E-state index in [0.717, 1.165) is 13.8 Å². The van der Waals surface area contributed by atoms with Gasteiger partial charge in [-0.05, 0) is 13.8 Å². The van der Waals surface area contributed by atoms with Crippen LogP contribution in [0.4, 0.5) is 0 Å². The summed E-state index contributed by atoms with van der Waals surface area (Å²) in [6.45, 7) is -5.58. The summed E-state index contributed by atoms with van der Waals surface area (Å²) in [5.41, 5.74) is 0. The standard InChI is InChI=1S/C70H118N2O54/c1-14-29(83)38(92)44(98)62(107-14)125-58-40(94)31(85)18(5-73)112-69(58)123-55-34(88)21(8-76)110-66(48(55)102)119-52-24(11-79)115-64(46(100)42(52)96)118-51-23(10-78)114-61(27(37(51)91)71-16(3)81)106-13-26-36(90)57(50(104)68(117-26)121-54-28(72-17(4)82)60(105)109-20(7-75)33(54)87)122-65-47(101)43(97)53(25(12-80)116-65)120-67-49(103)56(35(89)22(9-77)111-67)124-70-59(41(95)32(86)19(6-74)113-70)126-63-45(99)39(93)30(84)15(2)108-63/h14-15,18-70,73-80,83-105H,5-13H2,1-4H3,(H,71,81)(H,72,82)/t14-,15-,18+,19+,20+,21+,22+,23+,24+,25+,26+,27+,28+,29+,30+,31-,32-,33-,34-,35-,36-,37+,38+,39+,40-,41-,42+,43-,44-,45-,46+,47+,48+,49+,50+,51+,52-,53-,54+,55-,56-,57-,58+,59+,60-,61+,62-,63-,64-,65-,66+,67+,68-,69+,70+/m0/s1. The van der Waals surface area contributed by atoms with Gasteiger partial charge in [0.2, 0.25) is 11.8 Å². The van der Waals surface area contributed by atoms with Crippen molar-refractivity contribution >= 4 is 11.8 Å². The number of carbonyl (C=O) groups excluding carboxylic acids is 2. The van der Waals surface area contributed by atoms with Crippen molar-refractivity contribution in [3.05, 3.63) is 0 Å². The first-order valence-electron chi connectivity index (χ1n) is 40.4. The predicted octanol–water partition coefficient (Wildman–Crippen LogP) is -22.6. The van der Waals surface area contributed by atoms with E-state index in [2.05, 4.69) is 10.6 Å². The summed E-state index contributed by atoms with van der Waals surface area (Å²) in [4.78, 5) is 25.6. The quantitative estimate of drug-likeness (QED) is 0.0306. The fraction of sp³-hybridized carbons (Fsp3) is 0.971. The van der Waals surface area contributed by atoms with Gasteiger partial charge in [0.05, 0.1) is 71.7 Å². The van der Waals surface area contributed by atoms with E-state index in [1.165, 1.54) is 13.8 Å². The fourth-order valence-electron chi connectivity index (χ4n) is 16.5. The van der Waals surface area contributed by atoms with Crippen LogP contribution in [0.15, 0.2) is 0 Å². The third-order valence-corrected chi connectivity index (χ3v) is 23.7. The van der Waals surface area contributed by atoms with Gasteiger partial charge >= 0.3 is 0 Å². The molecule has 11 aliphatic rings. The van der Waals surface area contributed by atoms with Gasteiger partial charge in [-0.25, -0.2) is 0 Å². The molecule has 11 heterocycles. The van der Waals surface area contributed by atoms with Crippen LogP contribution in [0.3, 0.4) is 0 Å². The Balaban J connectivity index is 0.789. The van der Waals surface area contributed by atoms with Crippen LogP contribution >= 0.6 is 0 Å². The van der Waals surface area contributed by atoms with E-state index < -0.39 is 409 Å². The number of carbonyl (C=O) groups is 2. The highest BCUT2D eigenvalue weighted by Crippen LogP contribution is 2.42. The fourth-order valence-corrected chi connectivity index (χ4v) is 16.5. The van der Waals surface area contributed by atoms with Gasteiger partial charge in [-0.15, -0.1) is 0 Å². The lowest BCUT2D eigenvalue weighted by molar-refractivity contribution is -0.401. The van der Waals surface area contributed by atoms with Crippen LogP contribution in [0.5, 0.6) is 0 Å². The Morgan fingerprint density at radius 2 is 0.468 bits per heavy atom. The molecule has 11 fully saturated rings. The number of aliphatic hydroxyl groups is 31. The molecule has 56 nitrogen and oxygen atoms in total.